The van der Waals surface area contributed by atoms with Crippen molar-refractivity contribution in [3.8, 4) is 11.5 Å². The molecule has 1 aliphatic rings. The summed E-state index contributed by atoms with van der Waals surface area (Å²) in [6.07, 6.45) is -0.754. The first kappa shape index (κ1) is 21.9. The fourth-order valence-corrected chi connectivity index (χ4v) is 3.24. The minimum Gasteiger partial charge on any atom is -0.493 e. The number of aliphatic hydroxyl groups is 1. The smallest absolute Gasteiger partial charge is 0.250 e. The molecule has 0 amide bonds. The maximum atomic E-state index is 13.3. The molecule has 0 saturated carbocycles. The number of alkyl halides is 2. The van der Waals surface area contributed by atoms with Crippen LogP contribution in [0.1, 0.15) is 32.3 Å². The van der Waals surface area contributed by atoms with E-state index in [2.05, 4.69) is 18.7 Å². The average Bonchev–Trinajstić information content (AvgIpc) is 2.66. The van der Waals surface area contributed by atoms with Gasteiger partial charge in [0.1, 0.15) is 12.7 Å². The molecule has 0 radical (unpaired) electrons. The number of piperidine rings is 1. The van der Waals surface area contributed by atoms with Gasteiger partial charge in [0, 0.05) is 39.0 Å². The number of ether oxygens (including phenoxy) is 2. The summed E-state index contributed by atoms with van der Waals surface area (Å²) >= 11 is 0. The summed E-state index contributed by atoms with van der Waals surface area (Å²) in [6, 6.07) is 5.61. The number of likely N-dealkylation sites (tertiary alicyclic amines) is 1. The quantitative estimate of drug-likeness (QED) is 0.670. The molecule has 1 aliphatic heterocycles. The maximum absolute atomic E-state index is 13.3. The Labute approximate surface area is 160 Å². The van der Waals surface area contributed by atoms with Gasteiger partial charge in [0.15, 0.2) is 11.5 Å². The Morgan fingerprint density at radius 3 is 2.44 bits per heavy atom. The van der Waals surface area contributed by atoms with Crippen molar-refractivity contribution in [2.24, 2.45) is 0 Å². The number of halogens is 2. The van der Waals surface area contributed by atoms with Gasteiger partial charge in [0.2, 0.25) is 0 Å². The van der Waals surface area contributed by atoms with Gasteiger partial charge in [0.25, 0.3) is 5.92 Å². The summed E-state index contributed by atoms with van der Waals surface area (Å²) < 4.78 is 37.7. The summed E-state index contributed by atoms with van der Waals surface area (Å²) in [6.45, 7) is 8.03. The zero-order valence-electron chi connectivity index (χ0n) is 16.6. The molecule has 0 aromatic heterocycles. The van der Waals surface area contributed by atoms with Crippen LogP contribution in [0.2, 0.25) is 0 Å². The fraction of sp³-hybridized carbons (Fsp3) is 0.700. The number of likely N-dealkylation sites (N-methyl/N-ethyl adjacent to an activating group) is 1. The van der Waals surface area contributed by atoms with Crippen LogP contribution in [0.5, 0.6) is 11.5 Å². The van der Waals surface area contributed by atoms with E-state index >= 15 is 0 Å². The molecule has 1 aromatic carbocycles. The molecule has 0 spiro atoms. The van der Waals surface area contributed by atoms with Crippen molar-refractivity contribution < 1.29 is 23.4 Å². The Kier molecular flexibility index (Phi) is 8.26. The molecule has 1 atom stereocenters. The average molecular weight is 386 g/mol. The van der Waals surface area contributed by atoms with Crippen LogP contribution in [-0.2, 0) is 6.54 Å². The topological polar surface area (TPSA) is 45.2 Å². The van der Waals surface area contributed by atoms with E-state index in [4.69, 9.17) is 9.47 Å². The third kappa shape index (κ3) is 6.90. The molecule has 27 heavy (non-hydrogen) atoms. The van der Waals surface area contributed by atoms with Crippen molar-refractivity contribution in [2.45, 2.75) is 45.3 Å². The number of benzene rings is 1. The fourth-order valence-electron chi connectivity index (χ4n) is 3.24. The van der Waals surface area contributed by atoms with E-state index in [-0.39, 0.29) is 19.4 Å². The van der Waals surface area contributed by atoms with Crippen molar-refractivity contribution in [3.05, 3.63) is 23.8 Å². The van der Waals surface area contributed by atoms with Crippen molar-refractivity contribution >= 4 is 0 Å². The lowest BCUT2D eigenvalue weighted by atomic mass is 10.1. The number of nitrogens with zero attached hydrogens (tertiary/aromatic N) is 2. The van der Waals surface area contributed by atoms with Crippen molar-refractivity contribution in [3.63, 3.8) is 0 Å². The molecule has 7 heteroatoms. The van der Waals surface area contributed by atoms with Crippen molar-refractivity contribution in [1.29, 1.82) is 0 Å². The SMILES string of the molecule is CCN(CC)CC(O)COc1ccc(CN2CCC(F)(F)CC2)cc1OC. The molecule has 1 unspecified atom stereocenters. The predicted molar refractivity (Wildman–Crippen MR) is 102 cm³/mol. The highest BCUT2D eigenvalue weighted by molar-refractivity contribution is 5.43. The van der Waals surface area contributed by atoms with Gasteiger partial charge < -0.3 is 19.5 Å². The molecule has 0 bridgehead atoms. The summed E-state index contributed by atoms with van der Waals surface area (Å²) in [5, 5.41) is 10.1. The highest BCUT2D eigenvalue weighted by Gasteiger charge is 2.33. The second-order valence-electron chi connectivity index (χ2n) is 7.07. The summed E-state index contributed by atoms with van der Waals surface area (Å²) in [5.74, 6) is -1.37. The number of aliphatic hydroxyl groups excluding tert-OH is 1. The molecule has 1 saturated heterocycles. The second-order valence-corrected chi connectivity index (χ2v) is 7.07. The van der Waals surface area contributed by atoms with Crippen LogP contribution in [0.15, 0.2) is 18.2 Å². The minimum atomic E-state index is -2.53. The lowest BCUT2D eigenvalue weighted by Crippen LogP contribution is -2.38. The van der Waals surface area contributed by atoms with Gasteiger partial charge in [-0.1, -0.05) is 19.9 Å². The van der Waals surface area contributed by atoms with Gasteiger partial charge in [-0.25, -0.2) is 8.78 Å². The number of methoxy groups -OCH3 is 1. The number of hydrogen-bond acceptors (Lipinski definition) is 5. The molecule has 2 rings (SSSR count). The Morgan fingerprint density at radius 2 is 1.85 bits per heavy atom. The van der Waals surface area contributed by atoms with Crippen LogP contribution >= 0.6 is 0 Å². The third-order valence-corrected chi connectivity index (χ3v) is 5.02. The Hall–Kier alpha value is -1.44. The van der Waals surface area contributed by atoms with E-state index in [1.165, 1.54) is 0 Å². The van der Waals surface area contributed by atoms with Crippen molar-refractivity contribution in [2.75, 3.05) is 46.4 Å². The van der Waals surface area contributed by atoms with Crippen LogP contribution in [0.25, 0.3) is 0 Å². The standard InChI is InChI=1S/C20H32F2N2O3/c1-4-23(5-2)14-17(25)15-27-18-7-6-16(12-19(18)26-3)13-24-10-8-20(21,22)9-11-24/h6-7,12,17,25H,4-5,8-11,13-15H2,1-3H3. The predicted octanol–water partition coefficient (Wildman–Crippen LogP) is 3.01. The molecule has 1 N–H and O–H groups in total. The Balaban J connectivity index is 1.90. The van der Waals surface area contributed by atoms with Gasteiger partial charge in [0.05, 0.1) is 7.11 Å². The van der Waals surface area contributed by atoms with Crippen LogP contribution in [-0.4, -0.2) is 73.4 Å². The van der Waals surface area contributed by atoms with E-state index in [1.54, 1.807) is 7.11 Å². The van der Waals surface area contributed by atoms with Gasteiger partial charge >= 0.3 is 0 Å². The first-order chi connectivity index (χ1) is 12.9. The van der Waals surface area contributed by atoms with Gasteiger partial charge in [-0.05, 0) is 30.8 Å². The van der Waals surface area contributed by atoms with E-state index in [0.717, 1.165) is 18.7 Å². The molecule has 5 nitrogen and oxygen atoms in total. The van der Waals surface area contributed by atoms with Gasteiger partial charge in [-0.2, -0.15) is 0 Å². The van der Waals surface area contributed by atoms with Crippen LogP contribution < -0.4 is 9.47 Å². The molecule has 1 fully saturated rings. The summed E-state index contributed by atoms with van der Waals surface area (Å²) in [7, 11) is 1.57. The third-order valence-electron chi connectivity index (χ3n) is 5.02. The number of hydrogen-bond donors (Lipinski definition) is 1. The van der Waals surface area contributed by atoms with E-state index in [0.29, 0.717) is 37.7 Å². The molecular formula is C20H32F2N2O3. The lowest BCUT2D eigenvalue weighted by Gasteiger charge is -2.31. The minimum absolute atomic E-state index is 0.0875. The normalized spacial score (nSPS) is 18.5. The van der Waals surface area contributed by atoms with Gasteiger partial charge in [-0.3, -0.25) is 4.90 Å². The van der Waals surface area contributed by atoms with E-state index in [9.17, 15) is 13.9 Å². The molecule has 1 aromatic rings. The van der Waals surface area contributed by atoms with Crippen molar-refractivity contribution in [1.82, 2.24) is 9.80 Å². The monoisotopic (exact) mass is 386 g/mol. The van der Waals surface area contributed by atoms with Crippen LogP contribution in [0, 0.1) is 0 Å². The Bertz CT molecular complexity index is 572. The zero-order valence-corrected chi connectivity index (χ0v) is 16.6. The summed E-state index contributed by atoms with van der Waals surface area (Å²) in [4.78, 5) is 4.16. The first-order valence-electron chi connectivity index (χ1n) is 9.67. The first-order valence-corrected chi connectivity index (χ1v) is 9.67. The Morgan fingerprint density at radius 1 is 1.19 bits per heavy atom. The lowest BCUT2D eigenvalue weighted by molar-refractivity contribution is -0.0566. The largest absolute Gasteiger partial charge is 0.493 e. The maximum Gasteiger partial charge on any atom is 0.250 e. The summed E-state index contributed by atoms with van der Waals surface area (Å²) in [5.41, 5.74) is 0.994. The molecule has 154 valence electrons. The van der Waals surface area contributed by atoms with E-state index < -0.39 is 12.0 Å². The van der Waals surface area contributed by atoms with Crippen LogP contribution in [0.3, 0.4) is 0 Å². The highest BCUT2D eigenvalue weighted by Crippen LogP contribution is 2.31. The molecular weight excluding hydrogens is 354 g/mol. The molecule has 0 aliphatic carbocycles. The van der Waals surface area contributed by atoms with E-state index in [1.807, 2.05) is 23.1 Å². The van der Waals surface area contributed by atoms with Gasteiger partial charge in [-0.15, -0.1) is 0 Å². The number of rotatable bonds is 10. The zero-order chi connectivity index (χ0) is 19.9. The highest BCUT2D eigenvalue weighted by atomic mass is 19.3. The van der Waals surface area contributed by atoms with Crippen LogP contribution in [0.4, 0.5) is 8.78 Å². The second kappa shape index (κ2) is 10.2. The molecule has 1 heterocycles.